The summed E-state index contributed by atoms with van der Waals surface area (Å²) in [6.07, 6.45) is 13.1. The molecule has 1 aliphatic carbocycles. The summed E-state index contributed by atoms with van der Waals surface area (Å²) in [5.41, 5.74) is 1.75. The highest BCUT2D eigenvalue weighted by molar-refractivity contribution is 5.94. The first kappa shape index (κ1) is 20.7. The Morgan fingerprint density at radius 1 is 0.800 bits per heavy atom. The summed E-state index contributed by atoms with van der Waals surface area (Å²) in [5, 5.41) is 0. The highest BCUT2D eigenvalue weighted by atomic mass is 16.2. The second kappa shape index (κ2) is 9.96. The van der Waals surface area contributed by atoms with Crippen LogP contribution in [0.15, 0.2) is 48.8 Å². The van der Waals surface area contributed by atoms with Crippen molar-refractivity contribution in [2.45, 2.75) is 51.4 Å². The molecule has 5 nitrogen and oxygen atoms in total. The third-order valence-corrected chi connectivity index (χ3v) is 6.64. The standard InChI is InChI=1S/C25H33N3O2/c29-24(14-9-21-7-2-1-3-8-21)27-17-6-18-28(20-19-27)25(30)22-10-12-23(13-11-22)26-15-4-5-16-26/h4-5,10-13,15-16,21H,1-3,6-9,14,17-20H2. The molecule has 1 saturated heterocycles. The van der Waals surface area contributed by atoms with Gasteiger partial charge in [-0.2, -0.15) is 0 Å². The number of nitrogens with zero attached hydrogens (tertiary/aromatic N) is 3. The normalized spacial score (nSPS) is 18.3. The minimum absolute atomic E-state index is 0.0607. The molecule has 1 aromatic heterocycles. The Kier molecular flexibility index (Phi) is 6.88. The van der Waals surface area contributed by atoms with Gasteiger partial charge in [0.05, 0.1) is 0 Å². The second-order valence-corrected chi connectivity index (χ2v) is 8.71. The zero-order chi connectivity index (χ0) is 20.8. The molecule has 0 N–H and O–H groups in total. The Balaban J connectivity index is 1.29. The van der Waals surface area contributed by atoms with Crippen molar-refractivity contribution < 1.29 is 9.59 Å². The molecular weight excluding hydrogens is 374 g/mol. The van der Waals surface area contributed by atoms with Crippen molar-refractivity contribution in [1.29, 1.82) is 0 Å². The Morgan fingerprint density at radius 3 is 2.20 bits per heavy atom. The summed E-state index contributed by atoms with van der Waals surface area (Å²) in [4.78, 5) is 29.6. The van der Waals surface area contributed by atoms with Crippen LogP contribution in [0.3, 0.4) is 0 Å². The molecule has 2 amide bonds. The maximum Gasteiger partial charge on any atom is 0.253 e. The van der Waals surface area contributed by atoms with Gasteiger partial charge in [-0.1, -0.05) is 32.1 Å². The van der Waals surface area contributed by atoms with E-state index in [-0.39, 0.29) is 11.8 Å². The van der Waals surface area contributed by atoms with Gasteiger partial charge in [-0.15, -0.1) is 0 Å². The van der Waals surface area contributed by atoms with E-state index in [2.05, 4.69) is 0 Å². The van der Waals surface area contributed by atoms with Gasteiger partial charge < -0.3 is 14.4 Å². The fourth-order valence-electron chi connectivity index (χ4n) is 4.80. The minimum Gasteiger partial charge on any atom is -0.341 e. The van der Waals surface area contributed by atoms with Gasteiger partial charge in [0.25, 0.3) is 5.91 Å². The van der Waals surface area contributed by atoms with Gasteiger partial charge in [0.1, 0.15) is 0 Å². The highest BCUT2D eigenvalue weighted by Crippen LogP contribution is 2.27. The zero-order valence-corrected chi connectivity index (χ0v) is 17.8. The fourth-order valence-corrected chi connectivity index (χ4v) is 4.80. The lowest BCUT2D eigenvalue weighted by atomic mass is 9.86. The molecule has 1 aromatic carbocycles. The number of carbonyl (C=O) groups is 2. The van der Waals surface area contributed by atoms with E-state index >= 15 is 0 Å². The van der Waals surface area contributed by atoms with E-state index < -0.39 is 0 Å². The van der Waals surface area contributed by atoms with E-state index in [1.807, 2.05) is 63.2 Å². The van der Waals surface area contributed by atoms with Crippen LogP contribution in [0.1, 0.15) is 61.7 Å². The van der Waals surface area contributed by atoms with Crippen LogP contribution in [-0.2, 0) is 4.79 Å². The predicted octanol–water partition coefficient (Wildman–Crippen LogP) is 4.51. The molecule has 1 saturated carbocycles. The van der Waals surface area contributed by atoms with Crippen molar-refractivity contribution in [3.05, 3.63) is 54.4 Å². The van der Waals surface area contributed by atoms with E-state index in [1.165, 1.54) is 32.1 Å². The SMILES string of the molecule is O=C(CCC1CCCCC1)N1CCCN(C(=O)c2ccc(-n3cccc3)cc2)CC1. The molecule has 160 valence electrons. The number of hydrogen-bond acceptors (Lipinski definition) is 2. The molecule has 1 aliphatic heterocycles. The van der Waals surface area contributed by atoms with Gasteiger partial charge in [-0.05, 0) is 55.2 Å². The van der Waals surface area contributed by atoms with Gasteiger partial charge in [-0.25, -0.2) is 0 Å². The van der Waals surface area contributed by atoms with Gasteiger partial charge in [0, 0.05) is 56.2 Å². The number of hydrogen-bond donors (Lipinski definition) is 0. The number of carbonyl (C=O) groups excluding carboxylic acids is 2. The third-order valence-electron chi connectivity index (χ3n) is 6.64. The van der Waals surface area contributed by atoms with Crippen molar-refractivity contribution in [2.75, 3.05) is 26.2 Å². The summed E-state index contributed by atoms with van der Waals surface area (Å²) in [6.45, 7) is 2.74. The second-order valence-electron chi connectivity index (χ2n) is 8.71. The van der Waals surface area contributed by atoms with Crippen LogP contribution in [0, 0.1) is 5.92 Å². The zero-order valence-electron chi connectivity index (χ0n) is 17.8. The van der Waals surface area contributed by atoms with Gasteiger partial charge in [0.15, 0.2) is 0 Å². The lowest BCUT2D eigenvalue weighted by molar-refractivity contribution is -0.131. The molecule has 0 atom stereocenters. The molecule has 0 radical (unpaired) electrons. The van der Waals surface area contributed by atoms with Crippen LogP contribution < -0.4 is 0 Å². The quantitative estimate of drug-likeness (QED) is 0.732. The molecule has 2 aliphatic rings. The van der Waals surface area contributed by atoms with Crippen LogP contribution in [0.5, 0.6) is 0 Å². The third kappa shape index (κ3) is 5.13. The minimum atomic E-state index is 0.0607. The Bertz CT molecular complexity index is 823. The first-order valence-corrected chi connectivity index (χ1v) is 11.5. The van der Waals surface area contributed by atoms with E-state index in [1.54, 1.807) is 0 Å². The first-order chi connectivity index (χ1) is 14.7. The number of amides is 2. The van der Waals surface area contributed by atoms with Crippen LogP contribution in [0.4, 0.5) is 0 Å². The molecule has 2 aromatic rings. The van der Waals surface area contributed by atoms with Crippen LogP contribution >= 0.6 is 0 Å². The molecular formula is C25H33N3O2. The summed E-state index contributed by atoms with van der Waals surface area (Å²) in [7, 11) is 0. The Hall–Kier alpha value is -2.56. The summed E-state index contributed by atoms with van der Waals surface area (Å²) in [6, 6.07) is 11.7. The number of benzene rings is 1. The molecule has 30 heavy (non-hydrogen) atoms. The van der Waals surface area contributed by atoms with E-state index in [0.29, 0.717) is 31.6 Å². The highest BCUT2D eigenvalue weighted by Gasteiger charge is 2.23. The van der Waals surface area contributed by atoms with Gasteiger partial charge in [0.2, 0.25) is 5.91 Å². The smallest absolute Gasteiger partial charge is 0.253 e. The van der Waals surface area contributed by atoms with E-state index in [0.717, 1.165) is 31.0 Å². The molecule has 5 heteroatoms. The van der Waals surface area contributed by atoms with Crippen LogP contribution in [0.25, 0.3) is 5.69 Å². The van der Waals surface area contributed by atoms with E-state index in [4.69, 9.17) is 0 Å². The molecule has 2 fully saturated rings. The summed E-state index contributed by atoms with van der Waals surface area (Å²) in [5.74, 6) is 1.07. The van der Waals surface area contributed by atoms with Gasteiger partial charge in [-0.3, -0.25) is 9.59 Å². The molecule has 0 bridgehead atoms. The van der Waals surface area contributed by atoms with Crippen LogP contribution in [0.2, 0.25) is 0 Å². The van der Waals surface area contributed by atoms with Gasteiger partial charge >= 0.3 is 0 Å². The summed E-state index contributed by atoms with van der Waals surface area (Å²) < 4.78 is 2.02. The largest absolute Gasteiger partial charge is 0.341 e. The van der Waals surface area contributed by atoms with E-state index in [9.17, 15) is 9.59 Å². The molecule has 4 rings (SSSR count). The average Bonchev–Trinajstić information content (AvgIpc) is 3.22. The average molecular weight is 408 g/mol. The predicted molar refractivity (Wildman–Crippen MR) is 119 cm³/mol. The van der Waals surface area contributed by atoms with Crippen molar-refractivity contribution in [1.82, 2.24) is 14.4 Å². The maximum absolute atomic E-state index is 13.0. The Morgan fingerprint density at radius 2 is 1.47 bits per heavy atom. The Labute approximate surface area is 179 Å². The molecule has 0 spiro atoms. The molecule has 0 unspecified atom stereocenters. The first-order valence-electron chi connectivity index (χ1n) is 11.5. The fraction of sp³-hybridized carbons (Fsp3) is 0.520. The van der Waals surface area contributed by atoms with Crippen LogP contribution in [-0.4, -0.2) is 52.4 Å². The van der Waals surface area contributed by atoms with Crippen molar-refractivity contribution in [2.24, 2.45) is 5.92 Å². The van der Waals surface area contributed by atoms with Crippen molar-refractivity contribution in [3.63, 3.8) is 0 Å². The molecule has 2 heterocycles. The van der Waals surface area contributed by atoms with Crippen molar-refractivity contribution in [3.8, 4) is 5.69 Å². The maximum atomic E-state index is 13.0. The lowest BCUT2D eigenvalue weighted by Gasteiger charge is -2.24. The lowest BCUT2D eigenvalue weighted by Crippen LogP contribution is -2.37. The van der Waals surface area contributed by atoms with Crippen molar-refractivity contribution >= 4 is 11.8 Å². The number of aromatic nitrogens is 1. The number of rotatable bonds is 5. The summed E-state index contributed by atoms with van der Waals surface area (Å²) >= 11 is 0. The monoisotopic (exact) mass is 407 g/mol. The topological polar surface area (TPSA) is 45.6 Å².